The first-order valence-electron chi connectivity index (χ1n) is 19.8. The predicted octanol–water partition coefficient (Wildman–Crippen LogP) is 15.0. The van der Waals surface area contributed by atoms with Gasteiger partial charge < -0.3 is 0 Å². The van der Waals surface area contributed by atoms with Crippen LogP contribution in [0.3, 0.4) is 0 Å². The van der Waals surface area contributed by atoms with E-state index in [-0.39, 0.29) is 24.8 Å². The Bertz CT molecular complexity index is 1770. The summed E-state index contributed by atoms with van der Waals surface area (Å²) < 4.78 is 3.38. The summed E-state index contributed by atoms with van der Waals surface area (Å²) in [4.78, 5) is 0. The molecule has 0 amide bonds. The van der Waals surface area contributed by atoms with Crippen LogP contribution in [0.15, 0.2) is 96.1 Å². The molecule has 0 N–H and O–H groups in total. The van der Waals surface area contributed by atoms with Crippen LogP contribution in [-0.4, -0.2) is 0 Å². The van der Waals surface area contributed by atoms with Crippen LogP contribution in [0.4, 0.5) is 0 Å². The standard InChI is InChI=1S/2C21H23.C6H10.2ClH.Hf/c2*1-4-6-16-9-11-17(12-10-16)20-8-5-7-18-13-19(15(2)3)14-21(18)20;1-2-4-6-5-3-1;;;/h2*5,7-15H,4,6H2,1-3H3;1-2H,3-6H2;2*1H;. The minimum Gasteiger partial charge on any atom is -0.147 e. The van der Waals surface area contributed by atoms with Gasteiger partial charge in [-0.15, -0.1) is 24.8 Å². The van der Waals surface area contributed by atoms with E-state index in [1.54, 1.807) is 33.4 Å². The molecule has 0 bridgehead atoms. The number of fused-ring (bicyclic) bond motifs is 3. The first-order chi connectivity index (χ1) is 23.9. The van der Waals surface area contributed by atoms with E-state index in [0.717, 1.165) is 20.2 Å². The Hall–Kier alpha value is -2.19. The molecule has 3 aliphatic carbocycles. The van der Waals surface area contributed by atoms with Crippen molar-refractivity contribution in [2.45, 2.75) is 108 Å². The van der Waals surface area contributed by atoms with Crippen LogP contribution in [0.25, 0.3) is 34.4 Å². The van der Waals surface area contributed by atoms with E-state index in [0.29, 0.717) is 19.2 Å². The third kappa shape index (κ3) is 6.44. The Morgan fingerprint density at radius 2 is 0.941 bits per heavy atom. The average molecular weight is 884 g/mol. The van der Waals surface area contributed by atoms with Gasteiger partial charge in [-0.3, -0.25) is 0 Å². The summed E-state index contributed by atoms with van der Waals surface area (Å²) in [7, 11) is 0. The molecule has 4 aromatic rings. The fraction of sp³-hybridized carbons (Fsp3) is 0.417. The van der Waals surface area contributed by atoms with E-state index < -0.39 is 20.0 Å². The van der Waals surface area contributed by atoms with Gasteiger partial charge in [0.15, 0.2) is 0 Å². The minimum absolute atomic E-state index is 0. The predicted molar refractivity (Wildman–Crippen MR) is 223 cm³/mol. The summed E-state index contributed by atoms with van der Waals surface area (Å²) in [6.07, 6.45) is 16.0. The molecule has 1 heterocycles. The van der Waals surface area contributed by atoms with Crippen LogP contribution in [0, 0.1) is 11.8 Å². The molecule has 4 atom stereocenters. The summed E-state index contributed by atoms with van der Waals surface area (Å²) in [6.45, 7) is 14.6. The average Bonchev–Trinajstić information content (AvgIpc) is 3.38. The number of benzene rings is 4. The molecule has 4 aromatic carbocycles. The topological polar surface area (TPSA) is 0 Å². The van der Waals surface area contributed by atoms with Crippen molar-refractivity contribution in [3.8, 4) is 22.3 Å². The summed E-state index contributed by atoms with van der Waals surface area (Å²) in [5.41, 5.74) is 18.7. The van der Waals surface area contributed by atoms with Gasteiger partial charge in [0.1, 0.15) is 0 Å². The molecule has 1 aliphatic heterocycles. The zero-order valence-electron chi connectivity index (χ0n) is 31.7. The molecule has 0 nitrogen and oxygen atoms in total. The van der Waals surface area contributed by atoms with Crippen molar-refractivity contribution in [3.63, 3.8) is 0 Å². The Kier molecular flexibility index (Phi) is 11.8. The molecule has 0 spiro atoms. The number of aryl methyl sites for hydroxylation is 2. The van der Waals surface area contributed by atoms with E-state index in [1.807, 2.05) is 0 Å². The zero-order chi connectivity index (χ0) is 33.9. The Balaban J connectivity index is 0.00000224. The third-order valence-corrected chi connectivity index (χ3v) is 37.7. The van der Waals surface area contributed by atoms with Crippen molar-refractivity contribution in [3.05, 3.63) is 129 Å². The van der Waals surface area contributed by atoms with Crippen molar-refractivity contribution < 1.29 is 20.0 Å². The van der Waals surface area contributed by atoms with E-state index in [1.165, 1.54) is 71.9 Å². The second-order valence-electron chi connectivity index (χ2n) is 16.5. The van der Waals surface area contributed by atoms with Crippen LogP contribution in [0.5, 0.6) is 0 Å². The van der Waals surface area contributed by atoms with Crippen molar-refractivity contribution in [2.75, 3.05) is 0 Å². The number of halogens is 2. The number of hydrogen-bond donors (Lipinski definition) is 0. The monoisotopic (exact) mass is 884 g/mol. The maximum atomic E-state index is 2.72. The summed E-state index contributed by atoms with van der Waals surface area (Å²) in [6, 6.07) is 33.9. The number of allylic oxidation sites excluding steroid dienone is 2. The van der Waals surface area contributed by atoms with Crippen molar-refractivity contribution in [1.82, 2.24) is 0 Å². The second kappa shape index (κ2) is 15.7. The minimum atomic E-state index is -3.28. The van der Waals surface area contributed by atoms with Crippen molar-refractivity contribution in [2.24, 2.45) is 11.8 Å². The van der Waals surface area contributed by atoms with E-state index in [2.05, 4.69) is 139 Å². The normalized spacial score (nSPS) is 24.2. The molecular formula is C48H58Cl2Hf. The number of hydrogen-bond acceptors (Lipinski definition) is 0. The molecule has 2 fully saturated rings. The molecule has 268 valence electrons. The van der Waals surface area contributed by atoms with Crippen molar-refractivity contribution in [1.29, 1.82) is 0 Å². The fourth-order valence-corrected chi connectivity index (χ4v) is 47.3. The molecule has 4 aliphatic rings. The third-order valence-electron chi connectivity index (χ3n) is 13.1. The fourth-order valence-electron chi connectivity index (χ4n) is 11.0. The van der Waals surface area contributed by atoms with Gasteiger partial charge in [-0.1, -0.05) is 0 Å². The van der Waals surface area contributed by atoms with E-state index >= 15 is 0 Å². The van der Waals surface area contributed by atoms with Gasteiger partial charge in [0.25, 0.3) is 0 Å². The second-order valence-corrected chi connectivity index (χ2v) is 33.1. The summed E-state index contributed by atoms with van der Waals surface area (Å²) in [5.74, 6) is 1.13. The van der Waals surface area contributed by atoms with Crippen LogP contribution < -0.4 is 0 Å². The van der Waals surface area contributed by atoms with Crippen LogP contribution >= 0.6 is 24.8 Å². The Morgan fingerprint density at radius 3 is 1.29 bits per heavy atom. The quantitative estimate of drug-likeness (QED) is 0.139. The van der Waals surface area contributed by atoms with Gasteiger partial charge in [0.05, 0.1) is 0 Å². The first kappa shape index (κ1) is 38.5. The van der Waals surface area contributed by atoms with Crippen molar-refractivity contribution >= 4 is 37.0 Å². The van der Waals surface area contributed by atoms with E-state index in [9.17, 15) is 0 Å². The van der Waals surface area contributed by atoms with Gasteiger partial charge in [0.2, 0.25) is 0 Å². The molecule has 4 unspecified atom stereocenters. The Labute approximate surface area is 325 Å². The maximum Gasteiger partial charge on any atom is -0.147 e. The van der Waals surface area contributed by atoms with Crippen LogP contribution in [0.2, 0.25) is 7.35 Å². The van der Waals surface area contributed by atoms with Gasteiger partial charge >= 0.3 is 303 Å². The van der Waals surface area contributed by atoms with Gasteiger partial charge in [0, 0.05) is 0 Å². The molecular weight excluding hydrogens is 826 g/mol. The largest absolute Gasteiger partial charge is 0.147 e. The molecule has 0 radical (unpaired) electrons. The van der Waals surface area contributed by atoms with Gasteiger partial charge in [-0.25, -0.2) is 0 Å². The maximum absolute atomic E-state index is 3.28. The molecule has 3 heteroatoms. The summed E-state index contributed by atoms with van der Waals surface area (Å²) >= 11 is -3.28. The van der Waals surface area contributed by atoms with Gasteiger partial charge in [-0.05, 0) is 0 Å². The number of rotatable bonds is 10. The van der Waals surface area contributed by atoms with Crippen LogP contribution in [-0.2, 0) is 32.8 Å². The SMILES string of the molecule is CCCc1ccc(-c2cccc3c2C=C(C(C)C)[CH]3[Hf]2([CH]3C(C(C)C)=Cc4c(-c5ccc(CCC)cc5)cccc43)[CH]3CCCC[CH]32)cc1.Cl.Cl. The molecule has 0 aromatic heterocycles. The summed E-state index contributed by atoms with van der Waals surface area (Å²) in [5, 5.41) is 0. The molecule has 1 saturated carbocycles. The Morgan fingerprint density at radius 1 is 0.549 bits per heavy atom. The van der Waals surface area contributed by atoms with Crippen LogP contribution in [0.1, 0.15) is 121 Å². The first-order valence-corrected chi connectivity index (χ1v) is 28.0. The van der Waals surface area contributed by atoms with Gasteiger partial charge in [-0.2, -0.15) is 0 Å². The zero-order valence-corrected chi connectivity index (χ0v) is 36.9. The smallest absolute Gasteiger partial charge is 0.147 e. The van der Waals surface area contributed by atoms with E-state index in [4.69, 9.17) is 0 Å². The molecule has 51 heavy (non-hydrogen) atoms. The molecule has 8 rings (SSSR count). The molecule has 1 saturated heterocycles.